The molecule has 0 atom stereocenters. The Balaban J connectivity index is 1.96. The van der Waals surface area contributed by atoms with Crippen LogP contribution in [-0.2, 0) is 6.42 Å². The van der Waals surface area contributed by atoms with Crippen LogP contribution in [0.15, 0.2) is 30.4 Å². The number of rotatable bonds is 17. The van der Waals surface area contributed by atoms with Crippen molar-refractivity contribution in [3.63, 3.8) is 0 Å². The van der Waals surface area contributed by atoms with Gasteiger partial charge in [0.2, 0.25) is 0 Å². The molecule has 28 heavy (non-hydrogen) atoms. The van der Waals surface area contributed by atoms with Crippen molar-refractivity contribution in [2.75, 3.05) is 0 Å². The maximum atomic E-state index is 11.2. The van der Waals surface area contributed by atoms with Gasteiger partial charge in [-0.3, -0.25) is 0 Å². The van der Waals surface area contributed by atoms with E-state index in [0.29, 0.717) is 0 Å². The first-order chi connectivity index (χ1) is 13.7. The second-order valence-corrected chi connectivity index (χ2v) is 7.80. The van der Waals surface area contributed by atoms with Crippen LogP contribution >= 0.6 is 0 Å². The first-order valence-corrected chi connectivity index (χ1v) is 11.4. The zero-order valence-corrected chi connectivity index (χ0v) is 17.8. The van der Waals surface area contributed by atoms with Gasteiger partial charge < -0.3 is 10.2 Å². The lowest BCUT2D eigenvalue weighted by Gasteiger charge is -2.07. The normalized spacial score (nSPS) is 11.3. The van der Waals surface area contributed by atoms with E-state index < -0.39 is 5.97 Å². The fourth-order valence-electron chi connectivity index (χ4n) is 3.60. The van der Waals surface area contributed by atoms with Crippen molar-refractivity contribution < 1.29 is 15.0 Å². The molecule has 1 aromatic rings. The molecule has 1 rings (SSSR count). The number of carboxylic acid groups (broad SMARTS) is 1. The SMILES string of the molecule is CCCCCCC/C=C\CCCCCCCCCc1cccc(O)c1C(=O)O. The van der Waals surface area contributed by atoms with Crippen LogP contribution in [-0.4, -0.2) is 16.2 Å². The van der Waals surface area contributed by atoms with E-state index in [2.05, 4.69) is 19.1 Å². The fraction of sp³-hybridized carbons (Fsp3) is 0.640. The highest BCUT2D eigenvalue weighted by molar-refractivity contribution is 5.92. The Labute approximate surface area is 171 Å². The van der Waals surface area contributed by atoms with Crippen LogP contribution in [0.3, 0.4) is 0 Å². The highest BCUT2D eigenvalue weighted by Crippen LogP contribution is 2.23. The van der Waals surface area contributed by atoms with Crippen molar-refractivity contribution in [3.8, 4) is 5.75 Å². The van der Waals surface area contributed by atoms with Crippen LogP contribution in [0.1, 0.15) is 113 Å². The van der Waals surface area contributed by atoms with Crippen LogP contribution in [0.4, 0.5) is 0 Å². The molecule has 0 radical (unpaired) electrons. The number of allylic oxidation sites excluding steroid dienone is 2. The molecule has 3 heteroatoms. The van der Waals surface area contributed by atoms with Gasteiger partial charge >= 0.3 is 5.97 Å². The summed E-state index contributed by atoms with van der Waals surface area (Å²) >= 11 is 0. The van der Waals surface area contributed by atoms with Gasteiger partial charge in [-0.2, -0.15) is 0 Å². The number of benzene rings is 1. The summed E-state index contributed by atoms with van der Waals surface area (Å²) in [5, 5.41) is 18.9. The third-order valence-corrected chi connectivity index (χ3v) is 5.30. The lowest BCUT2D eigenvalue weighted by molar-refractivity contribution is 0.0692. The minimum Gasteiger partial charge on any atom is -0.507 e. The lowest BCUT2D eigenvalue weighted by Crippen LogP contribution is -2.03. The fourth-order valence-corrected chi connectivity index (χ4v) is 3.60. The summed E-state index contributed by atoms with van der Waals surface area (Å²) in [5.41, 5.74) is 0.807. The van der Waals surface area contributed by atoms with Gasteiger partial charge in [0.05, 0.1) is 0 Å². The molecular formula is C25H40O3. The molecule has 0 amide bonds. The van der Waals surface area contributed by atoms with Crippen molar-refractivity contribution >= 4 is 5.97 Å². The first-order valence-electron chi connectivity index (χ1n) is 11.4. The van der Waals surface area contributed by atoms with Crippen molar-refractivity contribution in [1.29, 1.82) is 0 Å². The molecule has 1 aromatic carbocycles. The van der Waals surface area contributed by atoms with Gasteiger partial charge in [-0.1, -0.05) is 89.0 Å². The quantitative estimate of drug-likeness (QED) is 0.213. The Morgan fingerprint density at radius 1 is 0.821 bits per heavy atom. The number of hydrogen-bond donors (Lipinski definition) is 2. The van der Waals surface area contributed by atoms with Crippen molar-refractivity contribution in [1.82, 2.24) is 0 Å². The van der Waals surface area contributed by atoms with Gasteiger partial charge in [0, 0.05) is 0 Å². The number of aromatic hydroxyl groups is 1. The summed E-state index contributed by atoms with van der Waals surface area (Å²) in [4.78, 5) is 11.2. The molecule has 0 bridgehead atoms. The van der Waals surface area contributed by atoms with E-state index in [0.717, 1.165) is 24.8 Å². The van der Waals surface area contributed by atoms with Gasteiger partial charge in [-0.15, -0.1) is 0 Å². The molecule has 0 aromatic heterocycles. The topological polar surface area (TPSA) is 57.5 Å². The van der Waals surface area contributed by atoms with Gasteiger partial charge in [0.25, 0.3) is 0 Å². The third-order valence-electron chi connectivity index (χ3n) is 5.30. The maximum Gasteiger partial charge on any atom is 0.339 e. The number of aryl methyl sites for hydroxylation is 1. The van der Waals surface area contributed by atoms with Gasteiger partial charge in [-0.25, -0.2) is 4.79 Å². The Bertz CT molecular complexity index is 563. The van der Waals surface area contributed by atoms with E-state index in [9.17, 15) is 15.0 Å². The Kier molecular flexibility index (Phi) is 14.0. The Hall–Kier alpha value is -1.77. The molecule has 0 aliphatic rings. The van der Waals surface area contributed by atoms with Crippen LogP contribution in [0.5, 0.6) is 5.75 Å². The van der Waals surface area contributed by atoms with Crippen LogP contribution in [0, 0.1) is 0 Å². The number of carboxylic acids is 1. The average Bonchev–Trinajstić information content (AvgIpc) is 2.67. The first kappa shape index (κ1) is 24.3. The molecule has 0 fully saturated rings. The van der Waals surface area contributed by atoms with E-state index >= 15 is 0 Å². The molecule has 0 unspecified atom stereocenters. The van der Waals surface area contributed by atoms with E-state index in [1.807, 2.05) is 6.07 Å². The van der Waals surface area contributed by atoms with Crippen LogP contribution in [0.25, 0.3) is 0 Å². The number of hydrogen-bond acceptors (Lipinski definition) is 2. The van der Waals surface area contributed by atoms with Crippen LogP contribution < -0.4 is 0 Å². The summed E-state index contributed by atoms with van der Waals surface area (Å²) < 4.78 is 0. The molecule has 3 nitrogen and oxygen atoms in total. The minimum absolute atomic E-state index is 0.0662. The molecule has 158 valence electrons. The molecule has 0 aliphatic heterocycles. The summed E-state index contributed by atoms with van der Waals surface area (Å²) in [5.74, 6) is -1.17. The molecule has 0 saturated carbocycles. The second kappa shape index (κ2) is 16.2. The summed E-state index contributed by atoms with van der Waals surface area (Å²) in [6, 6.07) is 4.97. The maximum absolute atomic E-state index is 11.2. The van der Waals surface area contributed by atoms with Gasteiger partial charge in [-0.05, 0) is 50.2 Å². The van der Waals surface area contributed by atoms with E-state index in [-0.39, 0.29) is 11.3 Å². The van der Waals surface area contributed by atoms with Gasteiger partial charge in [0.15, 0.2) is 0 Å². The standard InChI is InChI=1S/C25H40O3/c1-2-3-4-5-6-7-8-9-10-11-12-13-14-15-16-17-19-22-20-18-21-23(26)24(22)25(27)28/h8-9,18,20-21,26H,2-7,10-17,19H2,1H3,(H,27,28)/b9-8-. The van der Waals surface area contributed by atoms with Crippen molar-refractivity contribution in [3.05, 3.63) is 41.5 Å². The van der Waals surface area contributed by atoms with Crippen LogP contribution in [0.2, 0.25) is 0 Å². The highest BCUT2D eigenvalue weighted by Gasteiger charge is 2.14. The smallest absolute Gasteiger partial charge is 0.339 e. The average molecular weight is 389 g/mol. The highest BCUT2D eigenvalue weighted by atomic mass is 16.4. The molecular weight excluding hydrogens is 348 g/mol. The summed E-state index contributed by atoms with van der Waals surface area (Å²) in [6.45, 7) is 2.26. The monoisotopic (exact) mass is 388 g/mol. The molecule has 0 heterocycles. The zero-order valence-electron chi connectivity index (χ0n) is 17.8. The summed E-state index contributed by atoms with van der Waals surface area (Å²) in [7, 11) is 0. The second-order valence-electron chi connectivity index (χ2n) is 7.80. The van der Waals surface area contributed by atoms with Crippen molar-refractivity contribution in [2.45, 2.75) is 103 Å². The molecule has 2 N–H and O–H groups in total. The van der Waals surface area contributed by atoms with E-state index in [1.54, 1.807) is 6.07 Å². The largest absolute Gasteiger partial charge is 0.507 e. The molecule has 0 spiro atoms. The third kappa shape index (κ3) is 11.2. The zero-order chi connectivity index (χ0) is 20.5. The molecule has 0 saturated heterocycles. The van der Waals surface area contributed by atoms with Gasteiger partial charge in [0.1, 0.15) is 11.3 Å². The van der Waals surface area contributed by atoms with Crippen molar-refractivity contribution in [2.24, 2.45) is 0 Å². The number of aromatic carboxylic acids is 1. The van der Waals surface area contributed by atoms with E-state index in [4.69, 9.17) is 0 Å². The number of carbonyl (C=O) groups is 1. The number of unbranched alkanes of at least 4 members (excludes halogenated alkanes) is 12. The molecule has 0 aliphatic carbocycles. The Morgan fingerprint density at radius 2 is 1.36 bits per heavy atom. The predicted molar refractivity (Wildman–Crippen MR) is 118 cm³/mol. The minimum atomic E-state index is -1.04. The predicted octanol–water partition coefficient (Wildman–Crippen LogP) is 7.67. The van der Waals surface area contributed by atoms with E-state index in [1.165, 1.54) is 83.1 Å². The number of phenols is 1. The Morgan fingerprint density at radius 3 is 1.93 bits per heavy atom. The lowest BCUT2D eigenvalue weighted by atomic mass is 9.99. The summed E-state index contributed by atoms with van der Waals surface area (Å²) in [6.07, 6.45) is 23.1.